The van der Waals surface area contributed by atoms with E-state index in [1.54, 1.807) is 18.2 Å². The van der Waals surface area contributed by atoms with Crippen LogP contribution in [0.4, 0.5) is 5.69 Å². The Balaban J connectivity index is 1.65. The first-order chi connectivity index (χ1) is 12.1. The lowest BCUT2D eigenvalue weighted by atomic mass is 10.3. The summed E-state index contributed by atoms with van der Waals surface area (Å²) in [5, 5.41) is 4.18. The fourth-order valence-electron chi connectivity index (χ4n) is 2.22. The van der Waals surface area contributed by atoms with Gasteiger partial charge < -0.3 is 15.0 Å². The molecule has 2 N–H and O–H groups in total. The number of rotatable bonds is 6. The van der Waals surface area contributed by atoms with Crippen molar-refractivity contribution in [3.63, 3.8) is 0 Å². The number of carbonyl (C=O) groups excluding carboxylic acids is 1. The lowest BCUT2D eigenvalue weighted by molar-refractivity contribution is -0.113. The van der Waals surface area contributed by atoms with Gasteiger partial charge in [-0.15, -0.1) is 0 Å². The highest BCUT2D eigenvalue weighted by molar-refractivity contribution is 7.99. The van der Waals surface area contributed by atoms with Gasteiger partial charge in [0.05, 0.1) is 39.1 Å². The van der Waals surface area contributed by atoms with Crippen LogP contribution in [0.15, 0.2) is 41.6 Å². The quantitative estimate of drug-likeness (QED) is 0.576. The predicted octanol–water partition coefficient (Wildman–Crippen LogP) is 5.00. The summed E-state index contributed by atoms with van der Waals surface area (Å²) in [5.74, 6) is 0.747. The Kier molecular flexibility index (Phi) is 5.73. The molecule has 25 heavy (non-hydrogen) atoms. The number of ether oxygens (including phenoxy) is 1. The number of halogens is 2. The van der Waals surface area contributed by atoms with Crippen molar-refractivity contribution < 1.29 is 9.53 Å². The number of fused-ring (bicyclic) bond motifs is 1. The van der Waals surface area contributed by atoms with E-state index in [1.165, 1.54) is 11.8 Å². The first kappa shape index (κ1) is 17.9. The second kappa shape index (κ2) is 7.99. The van der Waals surface area contributed by atoms with Gasteiger partial charge >= 0.3 is 0 Å². The molecule has 0 saturated heterocycles. The van der Waals surface area contributed by atoms with Crippen LogP contribution >= 0.6 is 35.0 Å². The third-order valence-electron chi connectivity index (χ3n) is 3.31. The van der Waals surface area contributed by atoms with Gasteiger partial charge in [-0.05, 0) is 31.2 Å². The Morgan fingerprint density at radius 1 is 1.28 bits per heavy atom. The van der Waals surface area contributed by atoms with Crippen molar-refractivity contribution in [3.8, 4) is 5.75 Å². The Bertz CT molecular complexity index is 894. The number of para-hydroxylation sites is 1. The molecule has 0 bridgehead atoms. The van der Waals surface area contributed by atoms with Crippen LogP contribution in [0.5, 0.6) is 5.75 Å². The van der Waals surface area contributed by atoms with Crippen LogP contribution in [0.3, 0.4) is 0 Å². The smallest absolute Gasteiger partial charge is 0.234 e. The number of thioether (sulfide) groups is 1. The molecule has 5 nitrogen and oxygen atoms in total. The molecular formula is C17H15Cl2N3O2S. The second-order valence-corrected chi connectivity index (χ2v) is 6.87. The summed E-state index contributed by atoms with van der Waals surface area (Å²) in [6.07, 6.45) is 0. The van der Waals surface area contributed by atoms with Crippen LogP contribution in [0, 0.1) is 0 Å². The van der Waals surface area contributed by atoms with E-state index in [2.05, 4.69) is 15.3 Å². The van der Waals surface area contributed by atoms with Crippen molar-refractivity contribution in [3.05, 3.63) is 46.4 Å². The summed E-state index contributed by atoms with van der Waals surface area (Å²) in [7, 11) is 0. The van der Waals surface area contributed by atoms with Crippen LogP contribution in [0.2, 0.25) is 10.0 Å². The topological polar surface area (TPSA) is 67.0 Å². The minimum absolute atomic E-state index is 0.180. The van der Waals surface area contributed by atoms with E-state index in [4.69, 9.17) is 27.9 Å². The van der Waals surface area contributed by atoms with E-state index in [1.807, 2.05) is 25.1 Å². The fourth-order valence-corrected chi connectivity index (χ4v) is 3.39. The van der Waals surface area contributed by atoms with Crippen molar-refractivity contribution in [1.29, 1.82) is 0 Å². The van der Waals surface area contributed by atoms with Crippen molar-refractivity contribution in [2.45, 2.75) is 12.1 Å². The number of imidazole rings is 1. The molecule has 0 saturated carbocycles. The van der Waals surface area contributed by atoms with E-state index in [9.17, 15) is 4.79 Å². The van der Waals surface area contributed by atoms with E-state index in [0.29, 0.717) is 27.5 Å². The largest absolute Gasteiger partial charge is 0.494 e. The van der Waals surface area contributed by atoms with Crippen molar-refractivity contribution >= 4 is 57.6 Å². The van der Waals surface area contributed by atoms with E-state index in [0.717, 1.165) is 16.8 Å². The van der Waals surface area contributed by atoms with Gasteiger partial charge in [0.15, 0.2) is 5.16 Å². The van der Waals surface area contributed by atoms with Crippen LogP contribution in [0.25, 0.3) is 11.0 Å². The standard InChI is InChI=1S/C17H15Cl2N3O2S/c1-2-24-10-6-7-13-14(8-10)21-17(20-13)25-9-15(23)22-16-11(18)4-3-5-12(16)19/h3-8H,2,9H2,1H3,(H,20,21)(H,22,23). The first-order valence-electron chi connectivity index (χ1n) is 7.56. The van der Waals surface area contributed by atoms with Gasteiger partial charge in [0.2, 0.25) is 5.91 Å². The van der Waals surface area contributed by atoms with Crippen LogP contribution < -0.4 is 10.1 Å². The number of aromatic amines is 1. The minimum Gasteiger partial charge on any atom is -0.494 e. The normalized spacial score (nSPS) is 10.8. The zero-order valence-electron chi connectivity index (χ0n) is 13.3. The number of carbonyl (C=O) groups is 1. The molecule has 3 rings (SSSR count). The molecular weight excluding hydrogens is 381 g/mol. The summed E-state index contributed by atoms with van der Waals surface area (Å²) >= 11 is 13.4. The number of nitrogens with zero attached hydrogens (tertiary/aromatic N) is 1. The molecule has 1 amide bonds. The molecule has 0 unspecified atom stereocenters. The van der Waals surface area contributed by atoms with Crippen LogP contribution in [-0.2, 0) is 4.79 Å². The van der Waals surface area contributed by atoms with Gasteiger partial charge in [-0.1, -0.05) is 41.0 Å². The highest BCUT2D eigenvalue weighted by Crippen LogP contribution is 2.30. The Morgan fingerprint density at radius 2 is 2.04 bits per heavy atom. The molecule has 130 valence electrons. The SMILES string of the molecule is CCOc1ccc2nc(SCC(=O)Nc3c(Cl)cccc3Cl)[nH]c2c1. The average molecular weight is 396 g/mol. The molecule has 0 atom stereocenters. The van der Waals surface area contributed by atoms with Crippen LogP contribution in [-0.4, -0.2) is 28.2 Å². The van der Waals surface area contributed by atoms with Crippen LogP contribution in [0.1, 0.15) is 6.92 Å². The lowest BCUT2D eigenvalue weighted by Gasteiger charge is -2.08. The second-order valence-electron chi connectivity index (χ2n) is 5.09. The number of amides is 1. The zero-order valence-corrected chi connectivity index (χ0v) is 15.6. The highest BCUT2D eigenvalue weighted by atomic mass is 35.5. The zero-order chi connectivity index (χ0) is 17.8. The number of hydrogen-bond donors (Lipinski definition) is 2. The van der Waals surface area contributed by atoms with Gasteiger partial charge in [-0.2, -0.15) is 0 Å². The Morgan fingerprint density at radius 3 is 2.76 bits per heavy atom. The highest BCUT2D eigenvalue weighted by Gasteiger charge is 2.11. The average Bonchev–Trinajstić information content (AvgIpc) is 2.99. The van der Waals surface area contributed by atoms with E-state index >= 15 is 0 Å². The molecule has 0 aliphatic heterocycles. The predicted molar refractivity (Wildman–Crippen MR) is 103 cm³/mol. The Hall–Kier alpha value is -1.89. The molecule has 0 aliphatic rings. The maximum atomic E-state index is 12.1. The molecule has 8 heteroatoms. The number of H-pyrrole nitrogens is 1. The van der Waals surface area contributed by atoms with Gasteiger partial charge in [-0.25, -0.2) is 4.98 Å². The number of aromatic nitrogens is 2. The summed E-state index contributed by atoms with van der Waals surface area (Å²) in [5.41, 5.74) is 2.10. The van der Waals surface area contributed by atoms with Crippen molar-refractivity contribution in [2.75, 3.05) is 17.7 Å². The van der Waals surface area contributed by atoms with E-state index < -0.39 is 0 Å². The molecule has 1 heterocycles. The first-order valence-corrected chi connectivity index (χ1v) is 9.30. The monoisotopic (exact) mass is 395 g/mol. The molecule has 0 fully saturated rings. The third kappa shape index (κ3) is 4.39. The summed E-state index contributed by atoms with van der Waals surface area (Å²) in [4.78, 5) is 19.8. The molecule has 1 aromatic heterocycles. The number of hydrogen-bond acceptors (Lipinski definition) is 4. The van der Waals surface area contributed by atoms with Gasteiger partial charge in [-0.3, -0.25) is 4.79 Å². The summed E-state index contributed by atoms with van der Waals surface area (Å²) in [6.45, 7) is 2.54. The van der Waals surface area contributed by atoms with E-state index in [-0.39, 0.29) is 11.7 Å². The molecule has 0 spiro atoms. The maximum Gasteiger partial charge on any atom is 0.234 e. The molecule has 3 aromatic rings. The minimum atomic E-state index is -0.213. The number of anilines is 1. The van der Waals surface area contributed by atoms with Gasteiger partial charge in [0, 0.05) is 6.07 Å². The molecule has 0 radical (unpaired) electrons. The number of nitrogens with one attached hydrogen (secondary N) is 2. The summed E-state index contributed by atoms with van der Waals surface area (Å²) in [6, 6.07) is 10.7. The summed E-state index contributed by atoms with van der Waals surface area (Å²) < 4.78 is 5.47. The number of benzene rings is 2. The van der Waals surface area contributed by atoms with Gasteiger partial charge in [0.1, 0.15) is 5.75 Å². The third-order valence-corrected chi connectivity index (χ3v) is 4.81. The van der Waals surface area contributed by atoms with Crippen molar-refractivity contribution in [1.82, 2.24) is 9.97 Å². The van der Waals surface area contributed by atoms with Crippen molar-refractivity contribution in [2.24, 2.45) is 0 Å². The fraction of sp³-hybridized carbons (Fsp3) is 0.176. The Labute approximate surface area is 159 Å². The molecule has 2 aromatic carbocycles. The lowest BCUT2D eigenvalue weighted by Crippen LogP contribution is -2.14. The molecule has 0 aliphatic carbocycles. The maximum absolute atomic E-state index is 12.1. The van der Waals surface area contributed by atoms with Gasteiger partial charge in [0.25, 0.3) is 0 Å².